The molecule has 33 heavy (non-hydrogen) atoms. The zero-order chi connectivity index (χ0) is 23.4. The van der Waals surface area contributed by atoms with E-state index >= 15 is 0 Å². The molecule has 7 heteroatoms. The maximum Gasteiger partial charge on any atom is 0.234 e. The van der Waals surface area contributed by atoms with Crippen molar-refractivity contribution in [2.75, 3.05) is 13.6 Å². The molecule has 2 fully saturated rings. The lowest BCUT2D eigenvalue weighted by atomic mass is 9.79. The number of hydrogen-bond acceptors (Lipinski definition) is 5. The van der Waals surface area contributed by atoms with Crippen molar-refractivity contribution in [1.82, 2.24) is 15.5 Å². The third-order valence-electron chi connectivity index (χ3n) is 7.20. The van der Waals surface area contributed by atoms with Gasteiger partial charge < -0.3 is 10.6 Å². The fraction of sp³-hybridized carbons (Fsp3) is 0.500. The number of benzene rings is 1. The van der Waals surface area contributed by atoms with Crippen molar-refractivity contribution in [3.8, 4) is 17.2 Å². The second-order valence-electron chi connectivity index (χ2n) is 9.45. The summed E-state index contributed by atoms with van der Waals surface area (Å²) in [4.78, 5) is 15.8. The number of nitrogens with zero attached hydrogens (tertiary/aromatic N) is 2. The Kier molecular flexibility index (Phi) is 7.16. The molecule has 4 rings (SSSR count). The van der Waals surface area contributed by atoms with Crippen LogP contribution in [0, 0.1) is 22.7 Å². The van der Waals surface area contributed by atoms with Crippen LogP contribution in [-0.4, -0.2) is 36.4 Å². The lowest BCUT2D eigenvalue weighted by molar-refractivity contribution is -0.135. The van der Waals surface area contributed by atoms with E-state index < -0.39 is 5.54 Å². The molecule has 3 N–H and O–H groups in total. The second-order valence-corrected chi connectivity index (χ2v) is 10.4. The molecule has 1 aliphatic heterocycles. The van der Waals surface area contributed by atoms with Gasteiger partial charge in [-0.15, -0.1) is 11.3 Å². The molecule has 1 amide bonds. The maximum absolute atomic E-state index is 13.3. The van der Waals surface area contributed by atoms with Crippen LogP contribution >= 0.6 is 11.3 Å². The molecule has 1 aliphatic carbocycles. The highest BCUT2D eigenvalue weighted by Crippen LogP contribution is 2.41. The van der Waals surface area contributed by atoms with Crippen molar-refractivity contribution in [3.05, 3.63) is 46.2 Å². The van der Waals surface area contributed by atoms with E-state index in [1.54, 1.807) is 24.5 Å². The largest absolute Gasteiger partial charge is 0.345 e. The van der Waals surface area contributed by atoms with E-state index in [1.807, 2.05) is 25.1 Å². The summed E-state index contributed by atoms with van der Waals surface area (Å²) in [7, 11) is 1.68. The quantitative estimate of drug-likeness (QED) is 0.536. The van der Waals surface area contributed by atoms with Crippen molar-refractivity contribution >= 4 is 23.2 Å². The first-order chi connectivity index (χ1) is 15.9. The summed E-state index contributed by atoms with van der Waals surface area (Å²) < 4.78 is 0. The minimum absolute atomic E-state index is 0.00894. The summed E-state index contributed by atoms with van der Waals surface area (Å²) in [6.45, 7) is 2.84. The topological polar surface area (TPSA) is 92.0 Å². The van der Waals surface area contributed by atoms with Gasteiger partial charge in [0.2, 0.25) is 5.91 Å². The molecule has 0 unspecified atom stereocenters. The molecule has 1 saturated heterocycles. The van der Waals surface area contributed by atoms with Crippen LogP contribution in [0.25, 0.3) is 11.1 Å². The predicted octanol–water partition coefficient (Wildman–Crippen LogP) is 4.82. The first-order valence-electron chi connectivity index (χ1n) is 11.9. The van der Waals surface area contributed by atoms with E-state index in [2.05, 4.69) is 28.1 Å². The summed E-state index contributed by atoms with van der Waals surface area (Å²) in [6.07, 6.45) is 8.36. The third kappa shape index (κ3) is 4.97. The van der Waals surface area contributed by atoms with Crippen molar-refractivity contribution in [3.63, 3.8) is 0 Å². The number of amides is 1. The number of carbonyl (C=O) groups excluding carboxylic acids is 1. The van der Waals surface area contributed by atoms with Crippen LogP contribution in [0.15, 0.2) is 35.7 Å². The SMILES string of the molecule is CN1C(=N)N[C@](C)(c2cc(-c3cccc(C#N)c3)cs2)[C@@H](CCNC2CCCCCC2)C1=O. The van der Waals surface area contributed by atoms with Crippen LogP contribution in [0.3, 0.4) is 0 Å². The molecular formula is C26H33N5OS. The number of rotatable bonds is 6. The number of nitriles is 1. The Bertz CT molecular complexity index is 1050. The minimum Gasteiger partial charge on any atom is -0.345 e. The van der Waals surface area contributed by atoms with Gasteiger partial charge in [-0.2, -0.15) is 5.26 Å². The van der Waals surface area contributed by atoms with Gasteiger partial charge in [0.05, 0.1) is 23.1 Å². The van der Waals surface area contributed by atoms with Gasteiger partial charge in [-0.05, 0) is 67.4 Å². The average molecular weight is 464 g/mol. The van der Waals surface area contributed by atoms with Crippen LogP contribution < -0.4 is 10.6 Å². The van der Waals surface area contributed by atoms with Gasteiger partial charge in [-0.1, -0.05) is 37.8 Å². The number of nitrogens with one attached hydrogen (secondary N) is 3. The first kappa shape index (κ1) is 23.5. The molecule has 0 bridgehead atoms. The summed E-state index contributed by atoms with van der Waals surface area (Å²) in [5, 5.41) is 26.7. The zero-order valence-electron chi connectivity index (χ0n) is 19.5. The Morgan fingerprint density at radius 3 is 2.73 bits per heavy atom. The van der Waals surface area contributed by atoms with Gasteiger partial charge in [-0.3, -0.25) is 15.1 Å². The number of carbonyl (C=O) groups is 1. The van der Waals surface area contributed by atoms with Crippen LogP contribution in [0.2, 0.25) is 0 Å². The molecule has 174 valence electrons. The van der Waals surface area contributed by atoms with E-state index in [-0.39, 0.29) is 17.8 Å². The van der Waals surface area contributed by atoms with Crippen molar-refractivity contribution in [2.24, 2.45) is 5.92 Å². The van der Waals surface area contributed by atoms with Crippen LogP contribution in [-0.2, 0) is 10.3 Å². The first-order valence-corrected chi connectivity index (χ1v) is 12.8. The fourth-order valence-electron chi connectivity index (χ4n) is 5.10. The highest BCUT2D eigenvalue weighted by atomic mass is 32.1. The third-order valence-corrected chi connectivity index (χ3v) is 8.36. The van der Waals surface area contributed by atoms with Gasteiger partial charge >= 0.3 is 0 Å². The summed E-state index contributed by atoms with van der Waals surface area (Å²) in [5.74, 6) is -0.144. The normalized spacial score (nSPS) is 24.3. The molecule has 2 aromatic rings. The highest BCUT2D eigenvalue weighted by molar-refractivity contribution is 7.10. The van der Waals surface area contributed by atoms with Crippen molar-refractivity contribution in [1.29, 1.82) is 10.7 Å². The van der Waals surface area contributed by atoms with Crippen molar-refractivity contribution < 1.29 is 4.79 Å². The fourth-order valence-corrected chi connectivity index (χ4v) is 6.19. The molecule has 2 aliphatic rings. The van der Waals surface area contributed by atoms with E-state index in [1.165, 1.54) is 43.4 Å². The molecule has 2 heterocycles. The Balaban J connectivity index is 1.55. The predicted molar refractivity (Wildman–Crippen MR) is 133 cm³/mol. The molecule has 1 aromatic carbocycles. The Hall–Kier alpha value is -2.69. The molecule has 0 spiro atoms. The van der Waals surface area contributed by atoms with Crippen LogP contribution in [0.5, 0.6) is 0 Å². The van der Waals surface area contributed by atoms with Gasteiger partial charge in [0.15, 0.2) is 5.96 Å². The summed E-state index contributed by atoms with van der Waals surface area (Å²) in [6, 6.07) is 12.4. The lowest BCUT2D eigenvalue weighted by Gasteiger charge is -2.45. The molecule has 1 aromatic heterocycles. The van der Waals surface area contributed by atoms with E-state index in [0.29, 0.717) is 18.0 Å². The molecular weight excluding hydrogens is 430 g/mol. The minimum atomic E-state index is -0.651. The number of guanidine groups is 1. The Labute approximate surface area is 200 Å². The summed E-state index contributed by atoms with van der Waals surface area (Å²) >= 11 is 1.60. The zero-order valence-corrected chi connectivity index (χ0v) is 20.3. The van der Waals surface area contributed by atoms with Gasteiger partial charge in [-0.25, -0.2) is 0 Å². The van der Waals surface area contributed by atoms with Gasteiger partial charge in [0.1, 0.15) is 0 Å². The number of hydrogen-bond donors (Lipinski definition) is 3. The monoisotopic (exact) mass is 463 g/mol. The van der Waals surface area contributed by atoms with Crippen LogP contribution in [0.4, 0.5) is 0 Å². The molecule has 2 atom stereocenters. The highest BCUT2D eigenvalue weighted by Gasteiger charge is 2.47. The Morgan fingerprint density at radius 1 is 1.24 bits per heavy atom. The average Bonchev–Trinajstić information content (AvgIpc) is 3.19. The molecule has 0 radical (unpaired) electrons. The van der Waals surface area contributed by atoms with Crippen molar-refractivity contribution in [2.45, 2.75) is 63.5 Å². The van der Waals surface area contributed by atoms with E-state index in [9.17, 15) is 10.1 Å². The second kappa shape index (κ2) is 10.1. The molecule has 1 saturated carbocycles. The van der Waals surface area contributed by atoms with Gasteiger partial charge in [0.25, 0.3) is 0 Å². The van der Waals surface area contributed by atoms with Crippen LogP contribution in [0.1, 0.15) is 62.3 Å². The smallest absolute Gasteiger partial charge is 0.234 e. The standard InChI is InChI=1S/C26H33N5OS/c1-26(23-15-20(17-33-23)19-9-7-8-18(14-19)16-27)22(24(32)31(2)25(28)30-26)12-13-29-21-10-5-3-4-6-11-21/h7-9,14-15,17,21-22,29H,3-6,10-13H2,1-2H3,(H2,28,30)/t22-,26-/m0/s1. The lowest BCUT2D eigenvalue weighted by Crippen LogP contribution is -2.63. The Morgan fingerprint density at radius 2 is 2.00 bits per heavy atom. The number of thiophene rings is 1. The summed E-state index contributed by atoms with van der Waals surface area (Å²) in [5.41, 5.74) is 1.99. The molecule has 6 nitrogen and oxygen atoms in total. The van der Waals surface area contributed by atoms with E-state index in [0.717, 1.165) is 22.5 Å². The van der Waals surface area contributed by atoms with E-state index in [4.69, 9.17) is 5.41 Å². The maximum atomic E-state index is 13.3. The van der Waals surface area contributed by atoms with Gasteiger partial charge in [0, 0.05) is 18.0 Å².